The third-order valence-electron chi connectivity index (χ3n) is 3.21. The molecule has 19 heavy (non-hydrogen) atoms. The summed E-state index contributed by atoms with van der Waals surface area (Å²) in [5.74, 6) is -0.243. The first kappa shape index (κ1) is 11.8. The molecular weight excluding hydrogens is 244 g/mol. The van der Waals surface area contributed by atoms with E-state index < -0.39 is 5.97 Å². The molecule has 1 aliphatic heterocycles. The van der Waals surface area contributed by atoms with Crippen LogP contribution >= 0.6 is 0 Å². The summed E-state index contributed by atoms with van der Waals surface area (Å²) in [6.07, 6.45) is 0. The maximum Gasteiger partial charge on any atom is 0.356 e. The van der Waals surface area contributed by atoms with Crippen molar-refractivity contribution in [3.63, 3.8) is 0 Å². The molecule has 0 spiro atoms. The Morgan fingerprint density at radius 3 is 2.84 bits per heavy atom. The fourth-order valence-electron chi connectivity index (χ4n) is 2.37. The second kappa shape index (κ2) is 4.12. The second-order valence-corrected chi connectivity index (χ2v) is 4.80. The number of rotatable bonds is 2. The Bertz CT molecular complexity index is 659. The summed E-state index contributed by atoms with van der Waals surface area (Å²) in [5, 5.41) is 13.5. The summed E-state index contributed by atoms with van der Waals surface area (Å²) in [6.45, 7) is 4.22. The molecule has 0 atom stereocenters. The van der Waals surface area contributed by atoms with Crippen molar-refractivity contribution in [2.45, 2.75) is 26.5 Å². The number of ether oxygens (including phenoxy) is 1. The molecule has 0 radical (unpaired) electrons. The van der Waals surface area contributed by atoms with Crippen LogP contribution in [0.5, 0.6) is 5.75 Å². The summed E-state index contributed by atoms with van der Waals surface area (Å²) in [6, 6.07) is 7.72. The Labute approximate surface area is 110 Å². The van der Waals surface area contributed by atoms with Crippen molar-refractivity contribution in [3.05, 3.63) is 35.5 Å². The van der Waals surface area contributed by atoms with Crippen molar-refractivity contribution >= 4 is 5.97 Å². The Hall–Kier alpha value is -2.30. The maximum atomic E-state index is 11.3. The number of aromatic nitrogens is 2. The molecule has 2 aromatic rings. The number of carboxylic acid groups (broad SMARTS) is 1. The molecule has 1 aromatic heterocycles. The number of carboxylic acids is 1. The quantitative estimate of drug-likeness (QED) is 0.899. The smallest absolute Gasteiger partial charge is 0.356 e. The maximum absolute atomic E-state index is 11.3. The Morgan fingerprint density at radius 2 is 2.16 bits per heavy atom. The fourth-order valence-corrected chi connectivity index (χ4v) is 2.37. The van der Waals surface area contributed by atoms with Gasteiger partial charge in [-0.05, 0) is 26.0 Å². The summed E-state index contributed by atoms with van der Waals surface area (Å²) >= 11 is 0. The number of hydrogen-bond acceptors (Lipinski definition) is 3. The molecule has 0 aliphatic carbocycles. The lowest BCUT2D eigenvalue weighted by molar-refractivity contribution is 0.0686. The van der Waals surface area contributed by atoms with E-state index in [2.05, 4.69) is 5.10 Å². The molecular formula is C14H14N2O3. The van der Waals surface area contributed by atoms with Gasteiger partial charge in [-0.2, -0.15) is 5.10 Å². The minimum absolute atomic E-state index is 0.0817. The van der Waals surface area contributed by atoms with E-state index in [0.29, 0.717) is 5.56 Å². The normalized spacial score (nSPS) is 12.8. The van der Waals surface area contributed by atoms with Gasteiger partial charge in [0.2, 0.25) is 0 Å². The standard InChI is InChI=1S/C14H14N2O3/c1-8(2)16-13-9-5-3-4-6-11(9)19-7-10(13)12(15-16)14(17)18/h3-6,8H,7H2,1-2H3,(H,17,18). The molecule has 1 aromatic carbocycles. The van der Waals surface area contributed by atoms with Gasteiger partial charge in [0.05, 0.1) is 11.3 Å². The number of carbonyl (C=O) groups is 1. The van der Waals surface area contributed by atoms with Gasteiger partial charge in [0.25, 0.3) is 0 Å². The third kappa shape index (κ3) is 1.69. The molecule has 0 bridgehead atoms. The van der Waals surface area contributed by atoms with Crippen LogP contribution in [0.15, 0.2) is 24.3 Å². The van der Waals surface area contributed by atoms with Crippen LogP contribution in [0.2, 0.25) is 0 Å². The van der Waals surface area contributed by atoms with E-state index in [1.165, 1.54) is 0 Å². The number of benzene rings is 1. The molecule has 2 heterocycles. The summed E-state index contributed by atoms with van der Waals surface area (Å²) in [4.78, 5) is 11.3. The van der Waals surface area contributed by atoms with Crippen LogP contribution in [-0.4, -0.2) is 20.9 Å². The molecule has 0 fully saturated rings. The van der Waals surface area contributed by atoms with Crippen molar-refractivity contribution < 1.29 is 14.6 Å². The minimum atomic E-state index is -1.02. The van der Waals surface area contributed by atoms with E-state index in [0.717, 1.165) is 17.0 Å². The molecule has 0 saturated heterocycles. The number of fused-ring (bicyclic) bond motifs is 3. The van der Waals surface area contributed by atoms with Gasteiger partial charge >= 0.3 is 5.97 Å². The zero-order valence-corrected chi connectivity index (χ0v) is 10.8. The van der Waals surface area contributed by atoms with Gasteiger partial charge in [-0.25, -0.2) is 4.79 Å². The third-order valence-corrected chi connectivity index (χ3v) is 3.21. The largest absolute Gasteiger partial charge is 0.488 e. The van der Waals surface area contributed by atoms with Gasteiger partial charge in [0.15, 0.2) is 5.69 Å². The highest BCUT2D eigenvalue weighted by Gasteiger charge is 2.29. The van der Waals surface area contributed by atoms with Crippen molar-refractivity contribution in [1.82, 2.24) is 9.78 Å². The average Bonchev–Trinajstić information content (AvgIpc) is 2.78. The van der Waals surface area contributed by atoms with Gasteiger partial charge in [0, 0.05) is 11.6 Å². The SMILES string of the molecule is CC(C)n1nc(C(=O)O)c2c1-c1ccccc1OC2. The van der Waals surface area contributed by atoms with Crippen LogP contribution in [0.4, 0.5) is 0 Å². The van der Waals surface area contributed by atoms with Crippen molar-refractivity contribution in [2.24, 2.45) is 0 Å². The topological polar surface area (TPSA) is 64.4 Å². The zero-order valence-electron chi connectivity index (χ0n) is 10.8. The molecule has 0 unspecified atom stereocenters. The highest BCUT2D eigenvalue weighted by atomic mass is 16.5. The number of para-hydroxylation sites is 1. The van der Waals surface area contributed by atoms with Gasteiger partial charge in [-0.1, -0.05) is 12.1 Å². The van der Waals surface area contributed by atoms with E-state index in [-0.39, 0.29) is 18.3 Å². The monoisotopic (exact) mass is 258 g/mol. The highest BCUT2D eigenvalue weighted by Crippen LogP contribution is 2.39. The van der Waals surface area contributed by atoms with E-state index in [1.54, 1.807) is 4.68 Å². The van der Waals surface area contributed by atoms with Gasteiger partial charge in [-0.3, -0.25) is 4.68 Å². The summed E-state index contributed by atoms with van der Waals surface area (Å²) in [7, 11) is 0. The number of hydrogen-bond donors (Lipinski definition) is 1. The molecule has 1 N–H and O–H groups in total. The lowest BCUT2D eigenvalue weighted by Crippen LogP contribution is -2.10. The first-order valence-corrected chi connectivity index (χ1v) is 6.16. The molecule has 3 rings (SSSR count). The molecule has 1 aliphatic rings. The lowest BCUT2D eigenvalue weighted by Gasteiger charge is -2.20. The lowest BCUT2D eigenvalue weighted by atomic mass is 10.0. The first-order valence-electron chi connectivity index (χ1n) is 6.16. The van der Waals surface area contributed by atoms with Crippen molar-refractivity contribution in [1.29, 1.82) is 0 Å². The predicted octanol–water partition coefficient (Wildman–Crippen LogP) is 2.72. The summed E-state index contributed by atoms with van der Waals surface area (Å²) in [5.41, 5.74) is 2.49. The van der Waals surface area contributed by atoms with E-state index in [4.69, 9.17) is 4.74 Å². The summed E-state index contributed by atoms with van der Waals surface area (Å²) < 4.78 is 7.38. The van der Waals surface area contributed by atoms with E-state index in [1.807, 2.05) is 38.1 Å². The van der Waals surface area contributed by atoms with Crippen LogP contribution in [0, 0.1) is 0 Å². The van der Waals surface area contributed by atoms with Crippen LogP contribution < -0.4 is 4.74 Å². The molecule has 5 nitrogen and oxygen atoms in total. The van der Waals surface area contributed by atoms with Crippen LogP contribution in [0.25, 0.3) is 11.3 Å². The zero-order chi connectivity index (χ0) is 13.6. The first-order chi connectivity index (χ1) is 9.09. The molecule has 5 heteroatoms. The Kier molecular flexibility index (Phi) is 2.55. The van der Waals surface area contributed by atoms with Gasteiger partial charge in [0.1, 0.15) is 12.4 Å². The Balaban J connectivity index is 2.31. The van der Waals surface area contributed by atoms with Gasteiger partial charge < -0.3 is 9.84 Å². The van der Waals surface area contributed by atoms with Crippen LogP contribution in [0.3, 0.4) is 0 Å². The van der Waals surface area contributed by atoms with E-state index in [9.17, 15) is 9.90 Å². The van der Waals surface area contributed by atoms with E-state index >= 15 is 0 Å². The molecule has 0 amide bonds. The van der Waals surface area contributed by atoms with Gasteiger partial charge in [-0.15, -0.1) is 0 Å². The Morgan fingerprint density at radius 1 is 1.42 bits per heavy atom. The molecule has 0 saturated carbocycles. The number of nitrogens with zero attached hydrogens (tertiary/aromatic N) is 2. The van der Waals surface area contributed by atoms with Crippen molar-refractivity contribution in [2.75, 3.05) is 0 Å². The fraction of sp³-hybridized carbons (Fsp3) is 0.286. The minimum Gasteiger partial charge on any atom is -0.488 e. The highest BCUT2D eigenvalue weighted by molar-refractivity contribution is 5.90. The van der Waals surface area contributed by atoms with Crippen molar-refractivity contribution in [3.8, 4) is 17.0 Å². The number of aromatic carboxylic acids is 1. The molecule has 98 valence electrons. The predicted molar refractivity (Wildman–Crippen MR) is 69.3 cm³/mol. The average molecular weight is 258 g/mol. The van der Waals surface area contributed by atoms with Crippen LogP contribution in [0.1, 0.15) is 35.9 Å². The van der Waals surface area contributed by atoms with Crippen LogP contribution in [-0.2, 0) is 6.61 Å². The second-order valence-electron chi connectivity index (χ2n) is 4.80.